The van der Waals surface area contributed by atoms with Crippen molar-refractivity contribution in [2.75, 3.05) is 26.3 Å². The summed E-state index contributed by atoms with van der Waals surface area (Å²) in [6, 6.07) is 16.4. The molecule has 3 fully saturated rings. The van der Waals surface area contributed by atoms with E-state index >= 15 is 0 Å². The summed E-state index contributed by atoms with van der Waals surface area (Å²) in [6.45, 7) is 10.5. The fourth-order valence-electron chi connectivity index (χ4n) is 8.68. The van der Waals surface area contributed by atoms with Crippen molar-refractivity contribution in [3.05, 3.63) is 95.6 Å². The Morgan fingerprint density at radius 1 is 0.966 bits per heavy atom. The Bertz CT molecular complexity index is 1840. The number of alkyl carbamates (subject to hydrolysis) is 1. The van der Waals surface area contributed by atoms with Gasteiger partial charge < -0.3 is 40.0 Å². The van der Waals surface area contributed by atoms with Crippen molar-refractivity contribution in [2.24, 2.45) is 17.8 Å². The van der Waals surface area contributed by atoms with E-state index in [9.17, 15) is 24.3 Å². The highest BCUT2D eigenvalue weighted by Gasteiger charge is 2.58. The molecule has 2 saturated heterocycles. The van der Waals surface area contributed by atoms with E-state index in [1.807, 2.05) is 43.3 Å². The van der Waals surface area contributed by atoms with Crippen LogP contribution in [0.2, 0.25) is 0 Å². The SMILES string of the molecule is CC(=O)O[C@@H](C)/C=C\C(=O)N[C@@H]1C[C@H](C)[C@H](C/C=C(C)/C=C/[C@H]2O[C@H](CNC(=O)CCNC(=O)OCC3c4ccccc4-c4ccccc43)C[C@@]3(CO3)[C@@H]2O)C[C@@H]1C. The highest BCUT2D eigenvalue weighted by molar-refractivity contribution is 5.88. The van der Waals surface area contributed by atoms with Gasteiger partial charge in [-0.15, -0.1) is 0 Å². The van der Waals surface area contributed by atoms with Crippen LogP contribution in [-0.2, 0) is 33.3 Å². The zero-order chi connectivity index (χ0) is 41.4. The average Bonchev–Trinajstić information content (AvgIpc) is 3.90. The van der Waals surface area contributed by atoms with E-state index in [4.69, 9.17) is 18.9 Å². The third-order valence-electron chi connectivity index (χ3n) is 12.1. The molecule has 2 aliphatic heterocycles. The summed E-state index contributed by atoms with van der Waals surface area (Å²) in [5, 5.41) is 19.8. The summed E-state index contributed by atoms with van der Waals surface area (Å²) in [5.41, 5.74) is 4.96. The number of carbonyl (C=O) groups excluding carboxylic acids is 4. The minimum Gasteiger partial charge on any atom is -0.459 e. The van der Waals surface area contributed by atoms with E-state index in [1.54, 1.807) is 13.0 Å². The van der Waals surface area contributed by atoms with Crippen LogP contribution in [0.4, 0.5) is 4.79 Å². The van der Waals surface area contributed by atoms with E-state index < -0.39 is 30.0 Å². The summed E-state index contributed by atoms with van der Waals surface area (Å²) in [7, 11) is 0. The zero-order valence-electron chi connectivity index (χ0n) is 34.3. The van der Waals surface area contributed by atoms with Crippen LogP contribution in [0.1, 0.15) is 83.8 Å². The van der Waals surface area contributed by atoms with E-state index in [-0.39, 0.29) is 62.0 Å². The summed E-state index contributed by atoms with van der Waals surface area (Å²) in [4.78, 5) is 49.0. The predicted octanol–water partition coefficient (Wildman–Crippen LogP) is 5.89. The van der Waals surface area contributed by atoms with Gasteiger partial charge in [-0.2, -0.15) is 0 Å². The highest BCUT2D eigenvalue weighted by Crippen LogP contribution is 2.45. The Morgan fingerprint density at radius 3 is 2.33 bits per heavy atom. The third-order valence-corrected chi connectivity index (χ3v) is 12.1. The number of nitrogens with one attached hydrogen (secondary N) is 3. The number of epoxide rings is 1. The first-order chi connectivity index (χ1) is 27.8. The van der Waals surface area contributed by atoms with Gasteiger partial charge in [-0.25, -0.2) is 4.79 Å². The molecule has 2 aliphatic carbocycles. The summed E-state index contributed by atoms with van der Waals surface area (Å²) < 4.78 is 22.6. The van der Waals surface area contributed by atoms with Crippen LogP contribution in [0.3, 0.4) is 0 Å². The molecule has 4 aliphatic rings. The maximum Gasteiger partial charge on any atom is 0.407 e. The van der Waals surface area contributed by atoms with Crippen molar-refractivity contribution >= 4 is 23.9 Å². The number of benzene rings is 2. The monoisotopic (exact) mass is 797 g/mol. The summed E-state index contributed by atoms with van der Waals surface area (Å²) in [6.07, 6.45) is 9.60. The number of fused-ring (bicyclic) bond motifs is 3. The number of aliphatic hydroxyl groups is 1. The number of aliphatic hydroxyl groups excluding tert-OH is 1. The summed E-state index contributed by atoms with van der Waals surface area (Å²) >= 11 is 0. The van der Waals surface area contributed by atoms with Gasteiger partial charge in [0.25, 0.3) is 0 Å². The molecule has 312 valence electrons. The molecule has 0 radical (unpaired) electrons. The first-order valence-electron chi connectivity index (χ1n) is 20.7. The molecule has 1 spiro atoms. The second-order valence-corrected chi connectivity index (χ2v) is 16.5. The van der Waals surface area contributed by atoms with Gasteiger partial charge >= 0.3 is 12.1 Å². The lowest BCUT2D eigenvalue weighted by Crippen LogP contribution is -2.52. The molecule has 0 bridgehead atoms. The van der Waals surface area contributed by atoms with Crippen molar-refractivity contribution < 1.29 is 43.2 Å². The van der Waals surface area contributed by atoms with Gasteiger partial charge in [0.1, 0.15) is 30.5 Å². The molecule has 0 aromatic heterocycles. The maximum absolute atomic E-state index is 12.7. The highest BCUT2D eigenvalue weighted by atomic mass is 16.6. The molecular formula is C46H59N3O9. The Hall–Kier alpha value is -4.78. The molecular weight excluding hydrogens is 739 g/mol. The molecule has 2 aromatic carbocycles. The van der Waals surface area contributed by atoms with E-state index in [1.165, 1.54) is 13.0 Å². The number of amides is 3. The number of allylic oxidation sites excluding steroid dienone is 3. The minimum absolute atomic E-state index is 0.0412. The molecule has 1 saturated carbocycles. The molecule has 2 heterocycles. The van der Waals surface area contributed by atoms with Crippen molar-refractivity contribution in [2.45, 2.75) is 109 Å². The lowest BCUT2D eigenvalue weighted by atomic mass is 9.71. The molecule has 12 nitrogen and oxygen atoms in total. The van der Waals surface area contributed by atoms with Crippen LogP contribution in [-0.4, -0.2) is 91.3 Å². The smallest absolute Gasteiger partial charge is 0.407 e. The van der Waals surface area contributed by atoms with Crippen LogP contribution in [0.15, 0.2) is 84.5 Å². The molecule has 6 rings (SSSR count). The number of hydrogen-bond donors (Lipinski definition) is 4. The number of carbonyl (C=O) groups is 4. The molecule has 9 atom stereocenters. The van der Waals surface area contributed by atoms with Gasteiger partial charge in [-0.3, -0.25) is 14.4 Å². The second-order valence-electron chi connectivity index (χ2n) is 16.5. The predicted molar refractivity (Wildman–Crippen MR) is 220 cm³/mol. The first-order valence-corrected chi connectivity index (χ1v) is 20.7. The first kappa shape index (κ1) is 42.8. The van der Waals surface area contributed by atoms with Crippen molar-refractivity contribution in [1.29, 1.82) is 0 Å². The van der Waals surface area contributed by atoms with Crippen molar-refractivity contribution in [1.82, 2.24) is 16.0 Å². The largest absolute Gasteiger partial charge is 0.459 e. The lowest BCUT2D eigenvalue weighted by molar-refractivity contribution is -0.143. The van der Waals surface area contributed by atoms with E-state index in [2.05, 4.69) is 60.1 Å². The fourth-order valence-corrected chi connectivity index (χ4v) is 8.68. The van der Waals surface area contributed by atoms with Crippen LogP contribution < -0.4 is 16.0 Å². The Balaban J connectivity index is 0.905. The van der Waals surface area contributed by atoms with Gasteiger partial charge in [0.15, 0.2) is 0 Å². The van der Waals surface area contributed by atoms with Crippen LogP contribution >= 0.6 is 0 Å². The van der Waals surface area contributed by atoms with Gasteiger partial charge in [-0.05, 0) is 79.2 Å². The number of hydrogen-bond acceptors (Lipinski definition) is 9. The number of esters is 1. The maximum atomic E-state index is 12.7. The van der Waals surface area contributed by atoms with Crippen LogP contribution in [0, 0.1) is 17.8 Å². The van der Waals surface area contributed by atoms with Gasteiger partial charge in [0, 0.05) is 50.9 Å². The topological polar surface area (TPSA) is 165 Å². The van der Waals surface area contributed by atoms with E-state index in [0.717, 1.165) is 47.1 Å². The molecule has 2 aromatic rings. The Kier molecular flexibility index (Phi) is 14.3. The molecule has 3 amide bonds. The number of ether oxygens (including phenoxy) is 4. The van der Waals surface area contributed by atoms with Crippen LogP contribution in [0.5, 0.6) is 0 Å². The lowest BCUT2D eigenvalue weighted by Gasteiger charge is -2.39. The molecule has 0 unspecified atom stereocenters. The van der Waals surface area contributed by atoms with Gasteiger partial charge in [0.05, 0.1) is 12.7 Å². The van der Waals surface area contributed by atoms with Gasteiger partial charge in [0.2, 0.25) is 11.8 Å². The second kappa shape index (κ2) is 19.3. The zero-order valence-corrected chi connectivity index (χ0v) is 34.3. The summed E-state index contributed by atoms with van der Waals surface area (Å²) in [5.74, 6) is 0.348. The quantitative estimate of drug-likeness (QED) is 0.0745. The molecule has 4 N–H and O–H groups in total. The van der Waals surface area contributed by atoms with Crippen molar-refractivity contribution in [3.8, 4) is 11.1 Å². The van der Waals surface area contributed by atoms with Gasteiger partial charge in [-0.1, -0.05) is 86.2 Å². The Labute approximate surface area is 341 Å². The van der Waals surface area contributed by atoms with E-state index in [0.29, 0.717) is 30.8 Å². The molecule has 58 heavy (non-hydrogen) atoms. The Morgan fingerprint density at radius 2 is 1.66 bits per heavy atom. The minimum atomic E-state index is -0.823. The fraction of sp³-hybridized carbons (Fsp3) is 0.522. The normalized spacial score (nSPS) is 28.4. The van der Waals surface area contributed by atoms with Crippen molar-refractivity contribution in [3.63, 3.8) is 0 Å². The molecule has 12 heteroatoms. The third kappa shape index (κ3) is 11.0. The number of rotatable bonds is 15. The van der Waals surface area contributed by atoms with Crippen LogP contribution in [0.25, 0.3) is 11.1 Å². The standard InChI is InChI=1S/C46H59N3O9/c1-28(14-17-33-22-30(3)40(23-29(33)2)49-43(52)19-16-31(4)57-32(5)50)15-18-41-44(53)46(27-56-46)24-34(58-41)25-48-42(51)20-21-47-45(54)55-26-39-37-12-8-6-10-35(37)36-11-7-9-13-38(36)39/h6-16,18-19,29-31,33-34,39-41,44,53H,17,20-27H2,1-5H3,(H,47,54)(H,48,51)(H,49,52)/b18-15+,19-16-,28-14+/t29-,30-,31-,33+,34-,40+,41+,44+,46+/m0/s1. The average molecular weight is 798 g/mol.